The summed E-state index contributed by atoms with van der Waals surface area (Å²) in [7, 11) is 0. The van der Waals surface area contributed by atoms with Crippen LogP contribution in [0.2, 0.25) is 0 Å². The molecular formula is C25H22F3N5O3. The first-order valence-corrected chi connectivity index (χ1v) is 11.3. The second-order valence-electron chi connectivity index (χ2n) is 8.18. The van der Waals surface area contributed by atoms with Gasteiger partial charge in [0.25, 0.3) is 0 Å². The Kier molecular flexibility index (Phi) is 6.47. The van der Waals surface area contributed by atoms with E-state index in [4.69, 9.17) is 9.47 Å². The van der Waals surface area contributed by atoms with E-state index in [1.807, 2.05) is 6.92 Å². The number of nitrogens with zero attached hydrogens (tertiary/aromatic N) is 5. The normalized spacial score (nSPS) is 13.6. The zero-order valence-corrected chi connectivity index (χ0v) is 19.3. The van der Waals surface area contributed by atoms with Crippen LogP contribution in [0.3, 0.4) is 0 Å². The molecule has 0 aliphatic carbocycles. The van der Waals surface area contributed by atoms with Crippen LogP contribution < -0.4 is 15.3 Å². The van der Waals surface area contributed by atoms with Gasteiger partial charge in [-0.05, 0) is 43.3 Å². The maximum absolute atomic E-state index is 15.0. The van der Waals surface area contributed by atoms with Crippen molar-refractivity contribution in [3.05, 3.63) is 94.6 Å². The lowest BCUT2D eigenvalue weighted by atomic mass is 10.1. The smallest absolute Gasteiger partial charge is 0.350 e. The van der Waals surface area contributed by atoms with Gasteiger partial charge < -0.3 is 14.4 Å². The highest BCUT2D eigenvalue weighted by Crippen LogP contribution is 2.32. The quantitative estimate of drug-likeness (QED) is 0.368. The molecule has 36 heavy (non-hydrogen) atoms. The van der Waals surface area contributed by atoms with Crippen LogP contribution in [0.25, 0.3) is 5.69 Å². The second kappa shape index (κ2) is 9.86. The molecule has 186 valence electrons. The molecular weight excluding hydrogens is 475 g/mol. The van der Waals surface area contributed by atoms with Gasteiger partial charge in [-0.15, -0.1) is 0 Å². The van der Waals surface area contributed by atoms with E-state index < -0.39 is 23.1 Å². The number of rotatable bonds is 8. The van der Waals surface area contributed by atoms with Crippen LogP contribution >= 0.6 is 0 Å². The lowest BCUT2D eigenvalue weighted by Gasteiger charge is -2.39. The van der Waals surface area contributed by atoms with E-state index in [0.717, 1.165) is 21.4 Å². The highest BCUT2D eigenvalue weighted by molar-refractivity contribution is 5.49. The van der Waals surface area contributed by atoms with Crippen LogP contribution in [-0.4, -0.2) is 45.1 Å². The van der Waals surface area contributed by atoms with Gasteiger partial charge in [0.1, 0.15) is 23.7 Å². The van der Waals surface area contributed by atoms with Crippen LogP contribution in [0.4, 0.5) is 19.0 Å². The highest BCUT2D eigenvalue weighted by Gasteiger charge is 2.31. The molecule has 1 aliphatic heterocycles. The second-order valence-corrected chi connectivity index (χ2v) is 8.18. The summed E-state index contributed by atoms with van der Waals surface area (Å²) < 4.78 is 56.3. The molecule has 5 rings (SSSR count). The Balaban J connectivity index is 1.30. The fourth-order valence-corrected chi connectivity index (χ4v) is 3.92. The molecule has 0 saturated carbocycles. The number of hydrogen-bond acceptors (Lipinski definition) is 6. The minimum Gasteiger partial charge on any atom is -0.454 e. The van der Waals surface area contributed by atoms with E-state index in [0.29, 0.717) is 31.1 Å². The summed E-state index contributed by atoms with van der Waals surface area (Å²) in [5, 5.41) is 4.03. The molecule has 0 radical (unpaired) electrons. The minimum absolute atomic E-state index is 0.0148. The molecule has 0 amide bonds. The first kappa shape index (κ1) is 23.6. The number of benzene rings is 2. The molecule has 0 atom stereocenters. The van der Waals surface area contributed by atoms with Crippen molar-refractivity contribution in [2.45, 2.75) is 19.6 Å². The lowest BCUT2D eigenvalue weighted by molar-refractivity contribution is 0.0423. The molecule has 0 unspecified atom stereocenters. The van der Waals surface area contributed by atoms with Gasteiger partial charge >= 0.3 is 5.69 Å². The minimum atomic E-state index is -0.745. The maximum Gasteiger partial charge on any atom is 0.350 e. The molecule has 3 heterocycles. The highest BCUT2D eigenvalue weighted by atomic mass is 19.1. The zero-order valence-electron chi connectivity index (χ0n) is 19.3. The number of ether oxygens (including phenoxy) is 2. The Bertz CT molecular complexity index is 1410. The van der Waals surface area contributed by atoms with Crippen molar-refractivity contribution in [2.24, 2.45) is 0 Å². The Morgan fingerprint density at radius 1 is 1.03 bits per heavy atom. The predicted molar refractivity (Wildman–Crippen MR) is 125 cm³/mol. The summed E-state index contributed by atoms with van der Waals surface area (Å²) >= 11 is 0. The van der Waals surface area contributed by atoms with Crippen molar-refractivity contribution in [3.8, 4) is 17.2 Å². The van der Waals surface area contributed by atoms with E-state index in [9.17, 15) is 18.0 Å². The van der Waals surface area contributed by atoms with Gasteiger partial charge in [-0.3, -0.25) is 4.57 Å². The molecule has 0 N–H and O–H groups in total. The summed E-state index contributed by atoms with van der Waals surface area (Å²) in [5.74, 6) is -1.51. The van der Waals surface area contributed by atoms with E-state index >= 15 is 0 Å². The number of halogens is 3. The fourth-order valence-electron chi connectivity index (χ4n) is 3.92. The zero-order chi connectivity index (χ0) is 25.2. The largest absolute Gasteiger partial charge is 0.454 e. The van der Waals surface area contributed by atoms with Crippen molar-refractivity contribution in [1.82, 2.24) is 19.3 Å². The first-order valence-electron chi connectivity index (χ1n) is 11.3. The van der Waals surface area contributed by atoms with Crippen LogP contribution in [0.1, 0.15) is 12.5 Å². The summed E-state index contributed by atoms with van der Waals surface area (Å²) in [4.78, 5) is 18.6. The molecule has 2 aromatic carbocycles. The van der Waals surface area contributed by atoms with E-state index in [1.54, 1.807) is 29.2 Å². The van der Waals surface area contributed by atoms with Crippen molar-refractivity contribution in [3.63, 3.8) is 0 Å². The fraction of sp³-hybridized carbons (Fsp3) is 0.240. The van der Waals surface area contributed by atoms with Gasteiger partial charge in [-0.25, -0.2) is 18.6 Å². The molecule has 1 saturated heterocycles. The average Bonchev–Trinajstić information content (AvgIpc) is 3.21. The van der Waals surface area contributed by atoms with Gasteiger partial charge in [0.05, 0.1) is 18.3 Å². The summed E-state index contributed by atoms with van der Waals surface area (Å²) in [6, 6.07) is 11.2. The van der Waals surface area contributed by atoms with Gasteiger partial charge in [0, 0.05) is 37.5 Å². The van der Waals surface area contributed by atoms with Crippen molar-refractivity contribution in [1.29, 1.82) is 0 Å². The Morgan fingerprint density at radius 3 is 2.44 bits per heavy atom. The van der Waals surface area contributed by atoms with Crippen LogP contribution in [0.5, 0.6) is 11.5 Å². The summed E-state index contributed by atoms with van der Waals surface area (Å²) in [6.07, 6.45) is 2.74. The SMILES string of the molecule is CCOC1CN(c2nccc(Oc3ccc(-n4ncn(Cc5c(F)cccc5F)c4=O)cc3)c2F)C1. The number of pyridine rings is 1. The van der Waals surface area contributed by atoms with Crippen molar-refractivity contribution < 1.29 is 22.6 Å². The molecule has 4 aromatic rings. The van der Waals surface area contributed by atoms with E-state index in [-0.39, 0.29) is 29.8 Å². The average molecular weight is 497 g/mol. The predicted octanol–water partition coefficient (Wildman–Crippen LogP) is 3.91. The van der Waals surface area contributed by atoms with Crippen LogP contribution in [0.15, 0.2) is 65.8 Å². The Hall–Kier alpha value is -4.12. The molecule has 1 aliphatic rings. The molecule has 1 fully saturated rings. The van der Waals surface area contributed by atoms with Crippen molar-refractivity contribution >= 4 is 5.82 Å². The topological polar surface area (TPSA) is 74.4 Å². The molecule has 0 spiro atoms. The molecule has 8 nitrogen and oxygen atoms in total. The van der Waals surface area contributed by atoms with Crippen LogP contribution in [0, 0.1) is 17.5 Å². The maximum atomic E-state index is 15.0. The number of hydrogen-bond donors (Lipinski definition) is 0. The molecule has 2 aromatic heterocycles. The third-order valence-electron chi connectivity index (χ3n) is 5.82. The van der Waals surface area contributed by atoms with Crippen molar-refractivity contribution in [2.75, 3.05) is 24.6 Å². The van der Waals surface area contributed by atoms with Gasteiger partial charge in [0.2, 0.25) is 5.82 Å². The third-order valence-corrected chi connectivity index (χ3v) is 5.82. The Morgan fingerprint density at radius 2 is 1.75 bits per heavy atom. The van der Waals surface area contributed by atoms with Gasteiger partial charge in [0.15, 0.2) is 11.6 Å². The summed E-state index contributed by atoms with van der Waals surface area (Å²) in [5.41, 5.74) is -0.400. The number of aromatic nitrogens is 4. The monoisotopic (exact) mass is 497 g/mol. The van der Waals surface area contributed by atoms with Gasteiger partial charge in [-0.2, -0.15) is 14.2 Å². The van der Waals surface area contributed by atoms with Gasteiger partial charge in [-0.1, -0.05) is 6.07 Å². The standard InChI is InChI=1S/C25H22F3N5O3/c1-2-35-18-12-31(13-18)24-23(28)22(10-11-29-24)36-17-8-6-16(7-9-17)33-25(34)32(15-30-33)14-19-20(26)4-3-5-21(19)27/h3-11,15,18H,2,12-14H2,1H3. The van der Waals surface area contributed by atoms with Crippen LogP contribution in [-0.2, 0) is 11.3 Å². The number of anilines is 1. The van der Waals surface area contributed by atoms with E-state index in [1.165, 1.54) is 24.7 Å². The lowest BCUT2D eigenvalue weighted by Crippen LogP contribution is -2.53. The Labute approximate surface area is 204 Å². The molecule has 0 bridgehead atoms. The first-order chi connectivity index (χ1) is 17.4. The molecule has 11 heteroatoms. The van der Waals surface area contributed by atoms with E-state index in [2.05, 4.69) is 10.1 Å². The summed E-state index contributed by atoms with van der Waals surface area (Å²) in [6.45, 7) is 3.33. The third kappa shape index (κ3) is 4.57.